The Balaban J connectivity index is 1.80. The third-order valence-corrected chi connectivity index (χ3v) is 3.92. The average Bonchev–Trinajstić information content (AvgIpc) is 3.10. The van der Waals surface area contributed by atoms with Crippen molar-refractivity contribution in [1.29, 1.82) is 0 Å². The molecule has 0 spiro atoms. The molecule has 6 nitrogen and oxygen atoms in total. The molecule has 1 amide bonds. The van der Waals surface area contributed by atoms with E-state index >= 15 is 0 Å². The van der Waals surface area contributed by atoms with Crippen LogP contribution in [-0.4, -0.2) is 30.7 Å². The summed E-state index contributed by atoms with van der Waals surface area (Å²) in [6.45, 7) is 2.31. The molecule has 6 heteroatoms. The monoisotopic (exact) mass is 302 g/mol. The van der Waals surface area contributed by atoms with Crippen LogP contribution >= 0.6 is 0 Å². The van der Waals surface area contributed by atoms with Gasteiger partial charge in [-0.3, -0.25) is 4.79 Å². The largest absolute Gasteiger partial charge is 0.550 e. The number of fused-ring (bicyclic) bond motifs is 2. The van der Waals surface area contributed by atoms with Gasteiger partial charge in [-0.25, -0.2) is 0 Å². The van der Waals surface area contributed by atoms with Gasteiger partial charge in [0, 0.05) is 11.9 Å². The highest BCUT2D eigenvalue weighted by atomic mass is 16.5. The second kappa shape index (κ2) is 5.81. The zero-order valence-electron chi connectivity index (χ0n) is 12.0. The van der Waals surface area contributed by atoms with Crippen LogP contribution in [0, 0.1) is 11.8 Å². The van der Waals surface area contributed by atoms with Gasteiger partial charge in [0.05, 0.1) is 30.4 Å². The number of carboxylic acids is 1. The van der Waals surface area contributed by atoms with Crippen LogP contribution in [0.25, 0.3) is 0 Å². The standard InChI is InChI=1S/C16H17NO5/c1-2-21-10-6-4-3-5-9(10)17-15(18)13-11-7-8-12(22-11)14(13)16(19)20/h3-8,11-14H,2H2,1H3,(H,17,18)(H,19,20)/p-1/t11-,12+,13+,14-/m0/s1. The van der Waals surface area contributed by atoms with Crippen LogP contribution in [0.2, 0.25) is 0 Å². The molecule has 22 heavy (non-hydrogen) atoms. The van der Waals surface area contributed by atoms with Crippen molar-refractivity contribution in [3.05, 3.63) is 36.4 Å². The van der Waals surface area contributed by atoms with Crippen molar-refractivity contribution >= 4 is 17.6 Å². The predicted molar refractivity (Wildman–Crippen MR) is 76.0 cm³/mol. The highest BCUT2D eigenvalue weighted by Gasteiger charge is 2.50. The summed E-state index contributed by atoms with van der Waals surface area (Å²) in [5.41, 5.74) is 0.512. The first-order valence-corrected chi connectivity index (χ1v) is 7.19. The fourth-order valence-electron chi connectivity index (χ4n) is 2.97. The molecule has 1 N–H and O–H groups in total. The fraction of sp³-hybridized carbons (Fsp3) is 0.375. The number of amides is 1. The molecule has 116 valence electrons. The Morgan fingerprint density at radius 2 is 1.91 bits per heavy atom. The first-order chi connectivity index (χ1) is 10.6. The predicted octanol–water partition coefficient (Wildman–Crippen LogP) is 0.343. The van der Waals surface area contributed by atoms with Gasteiger partial charge in [-0.05, 0) is 19.1 Å². The molecule has 1 fully saturated rings. The van der Waals surface area contributed by atoms with Crippen molar-refractivity contribution in [2.24, 2.45) is 11.8 Å². The van der Waals surface area contributed by atoms with E-state index in [1.807, 2.05) is 6.92 Å². The minimum Gasteiger partial charge on any atom is -0.550 e. The van der Waals surface area contributed by atoms with Crippen LogP contribution in [0.1, 0.15) is 6.92 Å². The van der Waals surface area contributed by atoms with Gasteiger partial charge >= 0.3 is 0 Å². The van der Waals surface area contributed by atoms with Gasteiger partial charge in [0.2, 0.25) is 5.91 Å². The zero-order valence-corrected chi connectivity index (χ0v) is 12.0. The molecule has 2 heterocycles. The molecule has 1 saturated heterocycles. The molecule has 2 aliphatic rings. The molecule has 4 atom stereocenters. The molecule has 0 aromatic heterocycles. The number of rotatable bonds is 5. The minimum absolute atomic E-state index is 0.404. The Kier molecular flexibility index (Phi) is 3.85. The van der Waals surface area contributed by atoms with Gasteiger partial charge in [-0.15, -0.1) is 0 Å². The minimum atomic E-state index is -1.27. The lowest BCUT2D eigenvalue weighted by molar-refractivity contribution is -0.313. The Labute approximate surface area is 127 Å². The Bertz CT molecular complexity index is 627. The van der Waals surface area contributed by atoms with Crippen LogP contribution in [-0.2, 0) is 14.3 Å². The molecule has 3 rings (SSSR count). The molecular formula is C16H16NO5-. The number of hydrogen-bond donors (Lipinski definition) is 1. The van der Waals surface area contributed by atoms with Crippen LogP contribution in [0.3, 0.4) is 0 Å². The summed E-state index contributed by atoms with van der Waals surface area (Å²) >= 11 is 0. The van der Waals surface area contributed by atoms with Gasteiger partial charge in [-0.1, -0.05) is 24.3 Å². The highest BCUT2D eigenvalue weighted by molar-refractivity contribution is 5.97. The van der Waals surface area contributed by atoms with Crippen molar-refractivity contribution in [3.8, 4) is 5.75 Å². The van der Waals surface area contributed by atoms with E-state index in [0.29, 0.717) is 18.0 Å². The second-order valence-electron chi connectivity index (χ2n) is 5.24. The van der Waals surface area contributed by atoms with Crippen molar-refractivity contribution in [3.63, 3.8) is 0 Å². The number of carboxylic acid groups (broad SMARTS) is 1. The van der Waals surface area contributed by atoms with E-state index in [2.05, 4.69) is 5.32 Å². The number of hydrogen-bond acceptors (Lipinski definition) is 5. The molecule has 2 bridgehead atoms. The molecular weight excluding hydrogens is 286 g/mol. The van der Waals surface area contributed by atoms with Gasteiger partial charge in [0.15, 0.2) is 0 Å². The lowest BCUT2D eigenvalue weighted by Gasteiger charge is -2.25. The first kappa shape index (κ1) is 14.6. The quantitative estimate of drug-likeness (QED) is 0.793. The topological polar surface area (TPSA) is 87.7 Å². The third-order valence-electron chi connectivity index (χ3n) is 3.92. The van der Waals surface area contributed by atoms with E-state index in [4.69, 9.17) is 9.47 Å². The van der Waals surface area contributed by atoms with E-state index in [1.54, 1.807) is 36.4 Å². The van der Waals surface area contributed by atoms with Crippen LogP contribution in [0.5, 0.6) is 5.75 Å². The smallest absolute Gasteiger partial charge is 0.231 e. The number of carbonyl (C=O) groups excluding carboxylic acids is 2. The van der Waals surface area contributed by atoms with E-state index < -0.39 is 35.9 Å². The zero-order chi connectivity index (χ0) is 15.7. The van der Waals surface area contributed by atoms with Crippen LogP contribution in [0.4, 0.5) is 5.69 Å². The Morgan fingerprint density at radius 1 is 1.23 bits per heavy atom. The summed E-state index contributed by atoms with van der Waals surface area (Å²) in [6.07, 6.45) is 2.28. The number of aliphatic carboxylic acids is 1. The Morgan fingerprint density at radius 3 is 2.59 bits per heavy atom. The van der Waals surface area contributed by atoms with E-state index in [9.17, 15) is 14.7 Å². The maximum atomic E-state index is 12.5. The van der Waals surface area contributed by atoms with E-state index in [1.165, 1.54) is 0 Å². The molecule has 0 unspecified atom stereocenters. The maximum Gasteiger partial charge on any atom is 0.231 e. The summed E-state index contributed by atoms with van der Waals surface area (Å²) in [6, 6.07) is 7.02. The third kappa shape index (κ3) is 2.46. The van der Waals surface area contributed by atoms with Crippen molar-refractivity contribution in [2.45, 2.75) is 19.1 Å². The van der Waals surface area contributed by atoms with Crippen molar-refractivity contribution in [2.75, 3.05) is 11.9 Å². The summed E-state index contributed by atoms with van der Waals surface area (Å²) in [5, 5.41) is 14.0. The van der Waals surface area contributed by atoms with Crippen LogP contribution in [0.15, 0.2) is 36.4 Å². The summed E-state index contributed by atoms with van der Waals surface area (Å²) in [5.74, 6) is -2.89. The van der Waals surface area contributed by atoms with Crippen molar-refractivity contribution in [1.82, 2.24) is 0 Å². The molecule has 2 aliphatic heterocycles. The lowest BCUT2D eigenvalue weighted by atomic mass is 9.82. The second-order valence-corrected chi connectivity index (χ2v) is 5.24. The number of nitrogens with one attached hydrogen (secondary N) is 1. The average molecular weight is 302 g/mol. The van der Waals surface area contributed by atoms with Gasteiger partial charge in [0.25, 0.3) is 0 Å². The normalized spacial score (nSPS) is 28.6. The van der Waals surface area contributed by atoms with Crippen molar-refractivity contribution < 1.29 is 24.2 Å². The fourth-order valence-corrected chi connectivity index (χ4v) is 2.97. The lowest BCUT2D eigenvalue weighted by Crippen LogP contribution is -2.45. The van der Waals surface area contributed by atoms with E-state index in [-0.39, 0.29) is 0 Å². The van der Waals surface area contributed by atoms with Gasteiger partial charge in [-0.2, -0.15) is 0 Å². The van der Waals surface area contributed by atoms with Gasteiger partial charge in [0.1, 0.15) is 5.75 Å². The Hall–Kier alpha value is -2.34. The molecule has 0 saturated carbocycles. The van der Waals surface area contributed by atoms with E-state index in [0.717, 1.165) is 0 Å². The van der Waals surface area contributed by atoms with Gasteiger partial charge < -0.3 is 24.7 Å². The maximum absolute atomic E-state index is 12.5. The summed E-state index contributed by atoms with van der Waals surface area (Å²) < 4.78 is 10.9. The SMILES string of the molecule is CCOc1ccccc1NC(=O)[C@H]1[C@@H](C(=O)[O-])[C@H]2C=C[C@@H]1O2. The summed E-state index contributed by atoms with van der Waals surface area (Å²) in [4.78, 5) is 23.8. The first-order valence-electron chi connectivity index (χ1n) is 7.19. The number of ether oxygens (including phenoxy) is 2. The molecule has 0 aliphatic carbocycles. The van der Waals surface area contributed by atoms with Crippen LogP contribution < -0.4 is 15.2 Å². The number of carbonyl (C=O) groups is 2. The highest BCUT2D eigenvalue weighted by Crippen LogP contribution is 2.39. The molecule has 1 aromatic carbocycles. The number of anilines is 1. The number of para-hydroxylation sites is 2. The summed E-state index contributed by atoms with van der Waals surface area (Å²) in [7, 11) is 0. The number of benzene rings is 1. The molecule has 0 radical (unpaired) electrons. The molecule has 1 aromatic rings.